The van der Waals surface area contributed by atoms with Gasteiger partial charge in [-0.25, -0.2) is 18.4 Å². The van der Waals surface area contributed by atoms with Crippen LogP contribution >= 0.6 is 0 Å². The molecule has 0 saturated carbocycles. The van der Waals surface area contributed by atoms with Crippen LogP contribution in [0.5, 0.6) is 0 Å². The number of hydrogen-bond acceptors (Lipinski definition) is 4. The number of carbonyl (C=O) groups excluding carboxylic acids is 1. The highest BCUT2D eigenvalue weighted by atomic mass is 32.2. The lowest BCUT2D eigenvalue weighted by Crippen LogP contribution is -2.12. The predicted octanol–water partition coefficient (Wildman–Crippen LogP) is 2.83. The zero-order chi connectivity index (χ0) is 18.2. The molecule has 0 atom stereocenters. The highest BCUT2D eigenvalue weighted by Crippen LogP contribution is 2.30. The molecule has 0 saturated heterocycles. The predicted molar refractivity (Wildman–Crippen MR) is 97.4 cm³/mol. The second-order valence-electron chi connectivity index (χ2n) is 5.63. The average molecular weight is 355 g/mol. The molecule has 128 valence electrons. The molecule has 0 aliphatic rings. The number of imidazole rings is 1. The first-order valence-electron chi connectivity index (χ1n) is 7.68. The van der Waals surface area contributed by atoms with Gasteiger partial charge in [-0.2, -0.15) is 0 Å². The van der Waals surface area contributed by atoms with Crippen molar-refractivity contribution in [3.05, 3.63) is 53.9 Å². The van der Waals surface area contributed by atoms with Gasteiger partial charge in [0.25, 0.3) is 5.91 Å². The van der Waals surface area contributed by atoms with Gasteiger partial charge in [0.1, 0.15) is 6.33 Å². The van der Waals surface area contributed by atoms with E-state index in [1.54, 1.807) is 30.0 Å². The third kappa shape index (κ3) is 2.87. The number of sulfone groups is 1. The van der Waals surface area contributed by atoms with Gasteiger partial charge in [-0.15, -0.1) is 0 Å². The maximum absolute atomic E-state index is 12.5. The molecule has 0 bridgehead atoms. The number of aromatic nitrogens is 2. The van der Waals surface area contributed by atoms with Crippen molar-refractivity contribution in [2.24, 2.45) is 4.99 Å². The van der Waals surface area contributed by atoms with E-state index in [-0.39, 0.29) is 10.5 Å². The fraction of sp³-hybridized carbons (Fsp3) is 0.167. The Balaban J connectivity index is 2.42. The minimum atomic E-state index is -3.60. The van der Waals surface area contributed by atoms with E-state index in [1.165, 1.54) is 0 Å². The Bertz CT molecular complexity index is 1100. The summed E-state index contributed by atoms with van der Waals surface area (Å²) in [7, 11) is -3.60. The lowest BCUT2D eigenvalue weighted by atomic mass is 10.0. The Morgan fingerprint density at radius 3 is 2.60 bits per heavy atom. The number of amides is 1. The van der Waals surface area contributed by atoms with E-state index >= 15 is 0 Å². The summed E-state index contributed by atoms with van der Waals surface area (Å²) >= 11 is 0. The molecular formula is C18H17N3O3S. The second kappa shape index (κ2) is 6.25. The molecule has 1 aromatic heterocycles. The molecule has 25 heavy (non-hydrogen) atoms. The first kappa shape index (κ1) is 17.0. The third-order valence-corrected chi connectivity index (χ3v) is 5.25. The maximum atomic E-state index is 12.5. The van der Waals surface area contributed by atoms with Gasteiger partial charge in [-0.3, -0.25) is 9.36 Å². The summed E-state index contributed by atoms with van der Waals surface area (Å²) in [6, 6.07) is 10.7. The van der Waals surface area contributed by atoms with E-state index in [0.717, 1.165) is 17.3 Å². The molecule has 1 heterocycles. The minimum Gasteiger partial charge on any atom is -0.298 e. The van der Waals surface area contributed by atoms with Crippen molar-refractivity contribution >= 4 is 33.5 Å². The van der Waals surface area contributed by atoms with E-state index in [2.05, 4.69) is 16.7 Å². The largest absolute Gasteiger partial charge is 0.298 e. The van der Waals surface area contributed by atoms with Crippen molar-refractivity contribution in [3.63, 3.8) is 0 Å². The summed E-state index contributed by atoms with van der Waals surface area (Å²) in [5.41, 5.74) is 2.71. The van der Waals surface area contributed by atoms with E-state index < -0.39 is 15.7 Å². The Labute approximate surface area is 145 Å². The van der Waals surface area contributed by atoms with Crippen LogP contribution in [-0.2, 0) is 16.3 Å². The van der Waals surface area contributed by atoms with Gasteiger partial charge in [0.05, 0.1) is 21.6 Å². The maximum Gasteiger partial charge on any atom is 0.276 e. The number of carbonyl (C=O) groups is 1. The molecule has 6 nitrogen and oxygen atoms in total. The molecule has 1 amide bonds. The number of nitrogens with zero attached hydrogens (tertiary/aromatic N) is 3. The number of rotatable bonds is 4. The summed E-state index contributed by atoms with van der Waals surface area (Å²) in [5.74, 6) is -0.538. The zero-order valence-corrected chi connectivity index (χ0v) is 14.7. The minimum absolute atomic E-state index is 0.118. The van der Waals surface area contributed by atoms with Crippen LogP contribution in [0.25, 0.3) is 16.7 Å². The molecule has 0 spiro atoms. The summed E-state index contributed by atoms with van der Waals surface area (Å²) < 4.78 is 26.8. The lowest BCUT2D eigenvalue weighted by Gasteiger charge is -2.16. The Kier molecular flexibility index (Phi) is 4.26. The molecule has 0 N–H and O–H groups in total. The molecule has 3 aromatic rings. The smallest absolute Gasteiger partial charge is 0.276 e. The van der Waals surface area contributed by atoms with Crippen LogP contribution in [0.2, 0.25) is 0 Å². The molecule has 2 aromatic carbocycles. The molecule has 0 unspecified atom stereocenters. The summed E-state index contributed by atoms with van der Waals surface area (Å²) in [4.78, 5) is 19.9. The normalized spacial score (nSPS) is 11.6. The molecule has 0 aliphatic carbocycles. The van der Waals surface area contributed by atoms with Crippen LogP contribution in [0.3, 0.4) is 0 Å². The van der Waals surface area contributed by atoms with Gasteiger partial charge in [0.2, 0.25) is 0 Å². The number of aliphatic imine (C=N–C) groups is 1. The fourth-order valence-corrected chi connectivity index (χ4v) is 4.25. The molecule has 3 rings (SSSR count). The van der Waals surface area contributed by atoms with Gasteiger partial charge in [-0.1, -0.05) is 19.1 Å². The molecule has 0 radical (unpaired) electrons. The standard InChI is InChI=1S/C18H17N3O3S/c1-4-12-13(18(22)19-2)9-10-16(17(12)25(3,23)24)21-11-20-14-7-5-6-8-15(14)21/h5-11H,2,4H2,1,3H3. The van der Waals surface area contributed by atoms with Gasteiger partial charge in [0, 0.05) is 11.8 Å². The number of fused-ring (bicyclic) bond motifs is 1. The molecule has 0 fully saturated rings. The topological polar surface area (TPSA) is 81.4 Å². The van der Waals surface area contributed by atoms with E-state index in [1.807, 2.05) is 24.3 Å². The quantitative estimate of drug-likeness (QED) is 0.674. The van der Waals surface area contributed by atoms with Crippen LogP contribution in [0, 0.1) is 0 Å². The van der Waals surface area contributed by atoms with Crippen LogP contribution in [0.15, 0.2) is 52.6 Å². The highest BCUT2D eigenvalue weighted by Gasteiger charge is 2.24. The summed E-state index contributed by atoms with van der Waals surface area (Å²) in [6.45, 7) is 5.06. The third-order valence-electron chi connectivity index (χ3n) is 4.05. The first-order valence-corrected chi connectivity index (χ1v) is 9.57. The Morgan fingerprint density at radius 2 is 1.96 bits per heavy atom. The van der Waals surface area contributed by atoms with Crippen LogP contribution in [-0.4, -0.2) is 36.8 Å². The van der Waals surface area contributed by atoms with Gasteiger partial charge in [-0.05, 0) is 43.0 Å². The highest BCUT2D eigenvalue weighted by molar-refractivity contribution is 7.90. The van der Waals surface area contributed by atoms with Gasteiger partial charge >= 0.3 is 0 Å². The number of para-hydroxylation sites is 2. The van der Waals surface area contributed by atoms with Crippen LogP contribution in [0.1, 0.15) is 22.8 Å². The van der Waals surface area contributed by atoms with E-state index in [9.17, 15) is 13.2 Å². The van der Waals surface area contributed by atoms with Crippen molar-refractivity contribution in [1.82, 2.24) is 9.55 Å². The molecule has 7 heteroatoms. The first-order chi connectivity index (χ1) is 11.9. The number of benzene rings is 2. The van der Waals surface area contributed by atoms with Gasteiger partial charge in [0.15, 0.2) is 9.84 Å². The molecular weight excluding hydrogens is 338 g/mol. The SMILES string of the molecule is C=NC(=O)c1ccc(-n2cnc3ccccc32)c(S(C)(=O)=O)c1CC. The second-order valence-corrected chi connectivity index (χ2v) is 7.58. The van der Waals surface area contributed by atoms with Crippen molar-refractivity contribution in [2.45, 2.75) is 18.2 Å². The average Bonchev–Trinajstić information content (AvgIpc) is 3.02. The fourth-order valence-electron chi connectivity index (χ4n) is 3.01. The summed E-state index contributed by atoms with van der Waals surface area (Å²) in [5, 5.41) is 0. The van der Waals surface area contributed by atoms with E-state index in [0.29, 0.717) is 17.7 Å². The zero-order valence-electron chi connectivity index (χ0n) is 13.9. The monoisotopic (exact) mass is 355 g/mol. The Hall–Kier alpha value is -2.80. The molecule has 0 aliphatic heterocycles. The van der Waals surface area contributed by atoms with Crippen molar-refractivity contribution in [1.29, 1.82) is 0 Å². The van der Waals surface area contributed by atoms with Crippen LogP contribution < -0.4 is 0 Å². The lowest BCUT2D eigenvalue weighted by molar-refractivity contribution is 0.100. The number of hydrogen-bond donors (Lipinski definition) is 0. The summed E-state index contributed by atoms with van der Waals surface area (Å²) in [6.07, 6.45) is 3.10. The van der Waals surface area contributed by atoms with Crippen molar-refractivity contribution in [2.75, 3.05) is 6.26 Å². The van der Waals surface area contributed by atoms with Crippen LogP contribution in [0.4, 0.5) is 0 Å². The van der Waals surface area contributed by atoms with Crippen molar-refractivity contribution in [3.8, 4) is 5.69 Å². The van der Waals surface area contributed by atoms with Gasteiger partial charge < -0.3 is 0 Å². The van der Waals surface area contributed by atoms with E-state index in [4.69, 9.17) is 0 Å². The Morgan fingerprint density at radius 1 is 1.24 bits per heavy atom. The van der Waals surface area contributed by atoms with Crippen molar-refractivity contribution < 1.29 is 13.2 Å².